The number of nitrogens with zero attached hydrogens (tertiary/aromatic N) is 4. The minimum Gasteiger partial charge on any atom is -0.338 e. The molecule has 5 aromatic rings. The second kappa shape index (κ2) is 7.77. The van der Waals surface area contributed by atoms with Crippen LogP contribution in [0.5, 0.6) is 0 Å². The lowest BCUT2D eigenvalue weighted by Gasteiger charge is -2.02. The molecule has 0 aliphatic carbocycles. The highest BCUT2D eigenvalue weighted by molar-refractivity contribution is 5.96. The Labute approximate surface area is 183 Å². The first-order valence-corrected chi connectivity index (χ1v) is 10.2. The van der Waals surface area contributed by atoms with Gasteiger partial charge in [-0.05, 0) is 54.0 Å². The molecule has 32 heavy (non-hydrogen) atoms. The van der Waals surface area contributed by atoms with Crippen molar-refractivity contribution in [1.29, 1.82) is 0 Å². The van der Waals surface area contributed by atoms with Crippen molar-refractivity contribution in [3.8, 4) is 22.5 Å². The van der Waals surface area contributed by atoms with Gasteiger partial charge in [0.2, 0.25) is 0 Å². The first-order chi connectivity index (χ1) is 15.5. The van der Waals surface area contributed by atoms with Crippen LogP contribution in [-0.2, 0) is 7.05 Å². The van der Waals surface area contributed by atoms with Gasteiger partial charge in [0.1, 0.15) is 17.2 Å². The number of aromatic nitrogens is 6. The summed E-state index contributed by atoms with van der Waals surface area (Å²) in [5.41, 5.74) is 6.25. The standard InChI is InChI=1S/C25H21FN6/c1-4-16(18-13-28-29-14-18)11-21-15(2)32(3)31-24(21)23-12-22-20(9-10-27-25(22)30-23)17-5-7-19(26)8-6-17/h4-14H,2H2,1,3H3,(H,27,30)(H,28,29)/b16-4+,21-11+. The fraction of sp³-hybridized carbons (Fsp3) is 0.0800. The van der Waals surface area contributed by atoms with Gasteiger partial charge in [0.15, 0.2) is 0 Å². The van der Waals surface area contributed by atoms with Gasteiger partial charge in [0.25, 0.3) is 0 Å². The number of fused-ring (bicyclic) bond motifs is 1. The highest BCUT2D eigenvalue weighted by atomic mass is 19.1. The average molecular weight is 424 g/mol. The Morgan fingerprint density at radius 1 is 1.19 bits per heavy atom. The molecule has 0 aliphatic rings. The number of halogens is 1. The van der Waals surface area contributed by atoms with Crippen LogP contribution in [0, 0.1) is 5.82 Å². The van der Waals surface area contributed by atoms with Crippen molar-refractivity contribution in [2.75, 3.05) is 0 Å². The summed E-state index contributed by atoms with van der Waals surface area (Å²) < 4.78 is 15.2. The summed E-state index contributed by atoms with van der Waals surface area (Å²) in [6.45, 7) is 6.20. The van der Waals surface area contributed by atoms with Crippen LogP contribution in [0.2, 0.25) is 0 Å². The Kier molecular flexibility index (Phi) is 4.78. The van der Waals surface area contributed by atoms with Crippen LogP contribution >= 0.6 is 0 Å². The normalized spacial score (nSPS) is 12.7. The molecule has 0 radical (unpaired) electrons. The van der Waals surface area contributed by atoms with E-state index < -0.39 is 0 Å². The summed E-state index contributed by atoms with van der Waals surface area (Å²) in [6, 6.07) is 10.4. The van der Waals surface area contributed by atoms with Crippen LogP contribution in [0.25, 0.3) is 51.8 Å². The van der Waals surface area contributed by atoms with Crippen molar-refractivity contribution in [3.05, 3.63) is 83.0 Å². The molecule has 1 aromatic carbocycles. The van der Waals surface area contributed by atoms with Gasteiger partial charge < -0.3 is 4.98 Å². The molecule has 4 heterocycles. The van der Waals surface area contributed by atoms with Gasteiger partial charge >= 0.3 is 0 Å². The third kappa shape index (κ3) is 3.33. The molecule has 6 nitrogen and oxygen atoms in total. The Morgan fingerprint density at radius 3 is 2.72 bits per heavy atom. The first-order valence-electron chi connectivity index (χ1n) is 10.2. The molecule has 5 rings (SSSR count). The molecule has 0 aliphatic heterocycles. The highest BCUT2D eigenvalue weighted by Gasteiger charge is 2.14. The zero-order valence-corrected chi connectivity index (χ0v) is 17.7. The maximum absolute atomic E-state index is 13.4. The number of hydrogen-bond acceptors (Lipinski definition) is 3. The minimum absolute atomic E-state index is 0.261. The van der Waals surface area contributed by atoms with Crippen LogP contribution in [-0.4, -0.2) is 29.9 Å². The molecule has 0 amide bonds. The van der Waals surface area contributed by atoms with Crippen molar-refractivity contribution in [2.45, 2.75) is 6.92 Å². The molecule has 7 heteroatoms. The van der Waals surface area contributed by atoms with Crippen LogP contribution in [0.4, 0.5) is 4.39 Å². The number of hydrogen-bond donors (Lipinski definition) is 2. The number of aromatic amines is 2. The predicted octanol–water partition coefficient (Wildman–Crippen LogP) is 3.79. The van der Waals surface area contributed by atoms with Gasteiger partial charge in [-0.1, -0.05) is 24.8 Å². The third-order valence-electron chi connectivity index (χ3n) is 5.59. The Hall–Kier alpha value is -4.26. The van der Waals surface area contributed by atoms with Crippen LogP contribution < -0.4 is 10.6 Å². The Morgan fingerprint density at radius 2 is 2.00 bits per heavy atom. The van der Waals surface area contributed by atoms with E-state index in [2.05, 4.69) is 32.8 Å². The third-order valence-corrected chi connectivity index (χ3v) is 5.59. The van der Waals surface area contributed by atoms with E-state index in [0.29, 0.717) is 0 Å². The lowest BCUT2D eigenvalue weighted by Crippen LogP contribution is -2.26. The maximum atomic E-state index is 13.4. The zero-order chi connectivity index (χ0) is 22.2. The molecule has 0 unspecified atom stereocenters. The average Bonchev–Trinajstić information content (AvgIpc) is 3.53. The number of pyridine rings is 1. The second-order valence-electron chi connectivity index (χ2n) is 7.52. The number of allylic oxidation sites excluding steroid dienone is 2. The van der Waals surface area contributed by atoms with Gasteiger partial charge in [0, 0.05) is 35.6 Å². The van der Waals surface area contributed by atoms with Crippen molar-refractivity contribution in [1.82, 2.24) is 29.9 Å². The summed E-state index contributed by atoms with van der Waals surface area (Å²) in [6.07, 6.45) is 9.48. The van der Waals surface area contributed by atoms with E-state index in [1.807, 2.05) is 38.4 Å². The SMILES string of the molecule is C=c1/c(=C\C(=C/C)c2cn[nH]c2)c(-c2cc3c(-c4ccc(F)cc4)ccnc3[nH]2)nn1C. The lowest BCUT2D eigenvalue weighted by atomic mass is 10.0. The highest BCUT2D eigenvalue weighted by Crippen LogP contribution is 2.30. The monoisotopic (exact) mass is 424 g/mol. The molecule has 0 fully saturated rings. The Bertz CT molecular complexity index is 1550. The molecular weight excluding hydrogens is 403 g/mol. The van der Waals surface area contributed by atoms with Crippen LogP contribution in [0.3, 0.4) is 0 Å². The smallest absolute Gasteiger partial charge is 0.138 e. The van der Waals surface area contributed by atoms with E-state index >= 15 is 0 Å². The fourth-order valence-corrected chi connectivity index (χ4v) is 3.86. The summed E-state index contributed by atoms with van der Waals surface area (Å²) in [4.78, 5) is 7.89. The van der Waals surface area contributed by atoms with Gasteiger partial charge in [-0.15, -0.1) is 0 Å². The molecule has 0 atom stereocenters. The van der Waals surface area contributed by atoms with Gasteiger partial charge in [0.05, 0.1) is 17.2 Å². The predicted molar refractivity (Wildman–Crippen MR) is 125 cm³/mol. The van der Waals surface area contributed by atoms with Crippen molar-refractivity contribution in [3.63, 3.8) is 0 Å². The van der Waals surface area contributed by atoms with Crippen LogP contribution in [0.15, 0.2) is 61.1 Å². The minimum atomic E-state index is -0.261. The molecule has 0 spiro atoms. The zero-order valence-electron chi connectivity index (χ0n) is 17.7. The number of H-pyrrole nitrogens is 2. The number of rotatable bonds is 4. The van der Waals surface area contributed by atoms with Crippen molar-refractivity contribution < 1.29 is 4.39 Å². The molecule has 4 aromatic heterocycles. The topological polar surface area (TPSA) is 75.2 Å². The molecule has 158 valence electrons. The van der Waals surface area contributed by atoms with Crippen molar-refractivity contribution in [2.24, 2.45) is 7.05 Å². The van der Waals surface area contributed by atoms with Crippen molar-refractivity contribution >= 4 is 29.3 Å². The molecular formula is C25H21FN6. The van der Waals surface area contributed by atoms with E-state index in [4.69, 9.17) is 5.10 Å². The molecule has 0 saturated carbocycles. The molecule has 0 bridgehead atoms. The number of nitrogens with one attached hydrogen (secondary N) is 2. The number of aryl methyl sites for hydroxylation is 1. The Balaban J connectivity index is 1.70. The van der Waals surface area contributed by atoms with Gasteiger partial charge in [-0.25, -0.2) is 9.37 Å². The molecule has 2 N–H and O–H groups in total. The second-order valence-corrected chi connectivity index (χ2v) is 7.52. The maximum Gasteiger partial charge on any atom is 0.138 e. The summed E-state index contributed by atoms with van der Waals surface area (Å²) in [5, 5.41) is 14.3. The van der Waals surface area contributed by atoms with E-state index in [-0.39, 0.29) is 5.82 Å². The summed E-state index contributed by atoms with van der Waals surface area (Å²) in [5.74, 6) is -0.261. The van der Waals surface area contributed by atoms with E-state index in [9.17, 15) is 4.39 Å². The lowest BCUT2D eigenvalue weighted by molar-refractivity contribution is 0.628. The summed E-state index contributed by atoms with van der Waals surface area (Å²) >= 11 is 0. The first kappa shape index (κ1) is 19.7. The van der Waals surface area contributed by atoms with E-state index in [1.54, 1.807) is 29.2 Å². The van der Waals surface area contributed by atoms with Gasteiger partial charge in [-0.3, -0.25) is 9.78 Å². The van der Waals surface area contributed by atoms with E-state index in [1.165, 1.54) is 12.1 Å². The quantitative estimate of drug-likeness (QED) is 0.461. The largest absolute Gasteiger partial charge is 0.338 e. The van der Waals surface area contributed by atoms with Crippen LogP contribution in [0.1, 0.15) is 12.5 Å². The summed E-state index contributed by atoms with van der Waals surface area (Å²) in [7, 11) is 1.88. The number of benzene rings is 1. The van der Waals surface area contributed by atoms with E-state index in [0.717, 1.165) is 55.3 Å². The van der Waals surface area contributed by atoms with Gasteiger partial charge in [-0.2, -0.15) is 10.2 Å². The fourth-order valence-electron chi connectivity index (χ4n) is 3.86. The molecule has 0 saturated heterocycles.